The van der Waals surface area contributed by atoms with Gasteiger partial charge in [0.15, 0.2) is 0 Å². The van der Waals surface area contributed by atoms with Gasteiger partial charge < -0.3 is 0 Å². The molecule has 0 aliphatic heterocycles. The van der Waals surface area contributed by atoms with Gasteiger partial charge in [0.25, 0.3) is 15.9 Å². The number of thiophene rings is 1. The molecule has 0 unspecified atom stereocenters. The van der Waals surface area contributed by atoms with E-state index in [4.69, 9.17) is 0 Å². The van der Waals surface area contributed by atoms with Crippen molar-refractivity contribution in [3.05, 3.63) is 123 Å². The molecular formula is C31H27F3N4O4S2. The molecule has 3 aromatic carbocycles. The highest BCUT2D eigenvalue weighted by Gasteiger charge is 2.35. The molecular weight excluding hydrogens is 613 g/mol. The number of carbonyl (C=O) groups is 1. The highest BCUT2D eigenvalue weighted by molar-refractivity contribution is 7.90. The van der Waals surface area contributed by atoms with Crippen LogP contribution in [0.1, 0.15) is 46.4 Å². The maximum atomic E-state index is 13.7. The third-order valence-electron chi connectivity index (χ3n) is 6.88. The zero-order valence-electron chi connectivity index (χ0n) is 23.4. The van der Waals surface area contributed by atoms with Crippen LogP contribution in [0.4, 0.5) is 13.2 Å². The van der Waals surface area contributed by atoms with Crippen molar-refractivity contribution >= 4 is 27.3 Å². The minimum absolute atomic E-state index is 0.0448. The number of unbranched alkanes of at least 4 members (excludes halogenated alkanes) is 1. The summed E-state index contributed by atoms with van der Waals surface area (Å²) in [5, 5.41) is 5.97. The number of amides is 1. The molecule has 1 N–H and O–H groups in total. The molecule has 8 nitrogen and oxygen atoms in total. The van der Waals surface area contributed by atoms with Gasteiger partial charge in [0.1, 0.15) is 5.82 Å². The van der Waals surface area contributed by atoms with Crippen molar-refractivity contribution in [3.63, 3.8) is 0 Å². The maximum absolute atomic E-state index is 13.7. The topological polar surface area (TPSA) is 103 Å². The lowest BCUT2D eigenvalue weighted by Crippen LogP contribution is -2.30. The SMILES string of the molecule is CCCCc1nn(-c2ccccc2C(F)(F)F)c(=O)n1Cc1ccc(-c2ccccc2S(=O)(=O)NC(=O)c2cccs2)cc1. The summed E-state index contributed by atoms with van der Waals surface area (Å²) >= 11 is 1.12. The average Bonchev–Trinajstić information content (AvgIpc) is 3.65. The van der Waals surface area contributed by atoms with E-state index in [0.29, 0.717) is 35.4 Å². The largest absolute Gasteiger partial charge is 0.418 e. The Bertz CT molecular complexity index is 1950. The Kier molecular flexibility index (Phi) is 8.88. The number of para-hydroxylation sites is 1. The van der Waals surface area contributed by atoms with Crippen molar-refractivity contribution in [1.29, 1.82) is 0 Å². The molecule has 5 rings (SSSR count). The van der Waals surface area contributed by atoms with Crippen LogP contribution in [0.2, 0.25) is 0 Å². The molecule has 0 spiro atoms. The lowest BCUT2D eigenvalue weighted by Gasteiger charge is -2.12. The second kappa shape index (κ2) is 12.6. The van der Waals surface area contributed by atoms with Crippen LogP contribution in [0, 0.1) is 0 Å². The number of nitrogens with zero attached hydrogens (tertiary/aromatic N) is 3. The van der Waals surface area contributed by atoms with Gasteiger partial charge in [-0.3, -0.25) is 9.36 Å². The summed E-state index contributed by atoms with van der Waals surface area (Å²) in [7, 11) is -4.21. The summed E-state index contributed by atoms with van der Waals surface area (Å²) in [6.45, 7) is 2.01. The molecule has 0 aliphatic rings. The molecule has 0 radical (unpaired) electrons. The summed E-state index contributed by atoms with van der Waals surface area (Å²) in [4.78, 5) is 26.1. The van der Waals surface area contributed by atoms with Crippen molar-refractivity contribution in [1.82, 2.24) is 19.1 Å². The average molecular weight is 641 g/mol. The van der Waals surface area contributed by atoms with Crippen molar-refractivity contribution in [2.45, 2.75) is 43.8 Å². The number of sulfonamides is 1. The minimum Gasteiger partial charge on any atom is -0.274 e. The Labute approximate surface area is 255 Å². The second-order valence-electron chi connectivity index (χ2n) is 9.92. The first-order chi connectivity index (χ1) is 21.0. The van der Waals surface area contributed by atoms with Crippen LogP contribution in [0.3, 0.4) is 0 Å². The summed E-state index contributed by atoms with van der Waals surface area (Å²) in [5.41, 5.74) is -0.438. The number of hydrogen-bond donors (Lipinski definition) is 1. The molecule has 44 heavy (non-hydrogen) atoms. The van der Waals surface area contributed by atoms with Crippen molar-refractivity contribution in [2.75, 3.05) is 0 Å². The van der Waals surface area contributed by atoms with Gasteiger partial charge in [-0.25, -0.2) is 17.9 Å². The second-order valence-corrected chi connectivity index (χ2v) is 12.5. The molecule has 228 valence electrons. The first kappa shape index (κ1) is 31.0. The predicted octanol–water partition coefficient (Wildman–Crippen LogP) is 6.29. The number of alkyl halides is 3. The molecule has 0 saturated carbocycles. The van der Waals surface area contributed by atoms with Crippen molar-refractivity contribution < 1.29 is 26.4 Å². The number of rotatable bonds is 10. The number of aromatic nitrogens is 3. The Hall–Kier alpha value is -4.49. The summed E-state index contributed by atoms with van der Waals surface area (Å²) in [6.07, 6.45) is -2.79. The van der Waals surface area contributed by atoms with Crippen LogP contribution >= 0.6 is 11.3 Å². The number of nitrogens with one attached hydrogen (secondary N) is 1. The summed E-state index contributed by atoms with van der Waals surface area (Å²) in [5.74, 6) is -0.372. The summed E-state index contributed by atoms with van der Waals surface area (Å²) < 4.78 is 71.8. The van der Waals surface area contributed by atoms with Crippen LogP contribution < -0.4 is 10.4 Å². The molecule has 0 aliphatic carbocycles. The van der Waals surface area contributed by atoms with E-state index in [2.05, 4.69) is 9.82 Å². The van der Waals surface area contributed by atoms with Crippen molar-refractivity contribution in [2.24, 2.45) is 0 Å². The van der Waals surface area contributed by atoms with Crippen LogP contribution in [0.25, 0.3) is 16.8 Å². The molecule has 0 fully saturated rings. The molecule has 0 atom stereocenters. The molecule has 0 bridgehead atoms. The monoisotopic (exact) mass is 640 g/mol. The van der Waals surface area contributed by atoms with Crippen LogP contribution in [0.15, 0.2) is 100.0 Å². The van der Waals surface area contributed by atoms with E-state index < -0.39 is 33.4 Å². The molecule has 2 aromatic heterocycles. The van der Waals surface area contributed by atoms with E-state index in [1.807, 2.05) is 6.92 Å². The Morgan fingerprint density at radius 1 is 0.955 bits per heavy atom. The number of hydrogen-bond acceptors (Lipinski definition) is 6. The van der Waals surface area contributed by atoms with E-state index >= 15 is 0 Å². The minimum atomic E-state index is -4.67. The Balaban J connectivity index is 1.46. The van der Waals surface area contributed by atoms with Crippen LogP contribution in [-0.2, 0) is 29.2 Å². The molecule has 2 heterocycles. The third kappa shape index (κ3) is 6.53. The third-order valence-corrected chi connectivity index (χ3v) is 9.14. The molecule has 1 amide bonds. The molecule has 13 heteroatoms. The van der Waals surface area contributed by atoms with E-state index in [1.54, 1.807) is 53.9 Å². The number of halogens is 3. The Morgan fingerprint density at radius 2 is 1.66 bits per heavy atom. The van der Waals surface area contributed by atoms with E-state index in [1.165, 1.54) is 34.9 Å². The van der Waals surface area contributed by atoms with Gasteiger partial charge in [-0.1, -0.05) is 74.0 Å². The standard InChI is InChI=1S/C31H27F3N4O4S2/c1-2-3-14-28-35-38(25-11-6-5-10-24(25)31(32,33)34)30(40)37(28)20-21-15-17-22(18-16-21)23-9-4-7-13-27(23)44(41,42)36-29(39)26-12-8-19-43-26/h4-13,15-19H,2-3,14,20H2,1H3,(H,36,39). The van der Waals surface area contributed by atoms with Gasteiger partial charge in [0, 0.05) is 12.0 Å². The zero-order chi connectivity index (χ0) is 31.5. The Morgan fingerprint density at radius 3 is 2.34 bits per heavy atom. The predicted molar refractivity (Wildman–Crippen MR) is 161 cm³/mol. The molecule has 0 saturated heterocycles. The fourth-order valence-corrected chi connectivity index (χ4v) is 6.60. The lowest BCUT2D eigenvalue weighted by molar-refractivity contribution is -0.137. The highest BCUT2D eigenvalue weighted by atomic mass is 32.2. The first-order valence-electron chi connectivity index (χ1n) is 13.6. The highest BCUT2D eigenvalue weighted by Crippen LogP contribution is 2.33. The fraction of sp³-hybridized carbons (Fsp3) is 0.194. The first-order valence-corrected chi connectivity index (χ1v) is 16.0. The van der Waals surface area contributed by atoms with Gasteiger partial charge in [-0.2, -0.15) is 17.9 Å². The van der Waals surface area contributed by atoms with E-state index in [9.17, 15) is 31.2 Å². The lowest BCUT2D eigenvalue weighted by atomic mass is 10.0. The summed E-state index contributed by atoms with van der Waals surface area (Å²) in [6, 6.07) is 21.0. The van der Waals surface area contributed by atoms with Gasteiger partial charge in [0.2, 0.25) is 0 Å². The number of carbonyl (C=O) groups excluding carboxylic acids is 1. The van der Waals surface area contributed by atoms with E-state index in [0.717, 1.165) is 28.5 Å². The van der Waals surface area contributed by atoms with Crippen LogP contribution in [-0.4, -0.2) is 28.7 Å². The molecule has 5 aromatic rings. The van der Waals surface area contributed by atoms with Crippen LogP contribution in [0.5, 0.6) is 0 Å². The van der Waals surface area contributed by atoms with Gasteiger partial charge in [-0.15, -0.1) is 16.4 Å². The van der Waals surface area contributed by atoms with E-state index in [-0.39, 0.29) is 22.0 Å². The number of aryl methyl sites for hydroxylation is 1. The van der Waals surface area contributed by atoms with Gasteiger partial charge in [-0.05, 0) is 47.2 Å². The normalized spacial score (nSPS) is 11.9. The van der Waals surface area contributed by atoms with Gasteiger partial charge in [0.05, 0.1) is 27.6 Å². The quantitative estimate of drug-likeness (QED) is 0.193. The number of benzene rings is 3. The maximum Gasteiger partial charge on any atom is 0.418 e. The van der Waals surface area contributed by atoms with Crippen molar-refractivity contribution in [3.8, 4) is 16.8 Å². The fourth-order valence-electron chi connectivity index (χ4n) is 4.72. The zero-order valence-corrected chi connectivity index (χ0v) is 25.0. The van der Waals surface area contributed by atoms with Gasteiger partial charge >= 0.3 is 11.9 Å². The smallest absolute Gasteiger partial charge is 0.274 e.